The predicted octanol–water partition coefficient (Wildman–Crippen LogP) is 5.20. The molecule has 1 N–H and O–H groups in total. The number of nitrogens with one attached hydrogen (secondary N) is 1. The van der Waals surface area contributed by atoms with Crippen LogP contribution < -0.4 is 15.0 Å². The first-order valence-electron chi connectivity index (χ1n) is 12.3. The number of likely N-dealkylation sites (tertiary alicyclic amines) is 1. The van der Waals surface area contributed by atoms with E-state index in [0.717, 1.165) is 36.5 Å². The molecule has 1 unspecified atom stereocenters. The first-order chi connectivity index (χ1) is 18.5. The zero-order valence-corrected chi connectivity index (χ0v) is 21.6. The van der Waals surface area contributed by atoms with E-state index in [1.807, 2.05) is 24.3 Å². The number of aromatic nitrogens is 1. The fourth-order valence-electron chi connectivity index (χ4n) is 4.44. The SMILES string of the molecule is C#Cc1ccc(N(C(=O)Nc2ccc(C(C3=NCC3)N3CCC3)cc2)C(=O)c2cc(Cl)cc(OC)c2)nc1. The third kappa shape index (κ3) is 5.25. The molecular formula is C29H26ClN5O3. The van der Waals surface area contributed by atoms with Gasteiger partial charge in [-0.2, -0.15) is 0 Å². The fourth-order valence-corrected chi connectivity index (χ4v) is 4.67. The molecule has 1 atom stereocenters. The third-order valence-corrected chi connectivity index (χ3v) is 6.85. The fraction of sp³-hybridized carbons (Fsp3) is 0.241. The minimum atomic E-state index is -0.676. The number of nitrogens with zero attached hydrogens (tertiary/aromatic N) is 4. The first-order valence-corrected chi connectivity index (χ1v) is 12.6. The number of carbonyl (C=O) groups is 2. The van der Waals surface area contributed by atoms with Gasteiger partial charge in [-0.1, -0.05) is 29.7 Å². The highest BCUT2D eigenvalue weighted by Gasteiger charge is 2.32. The summed E-state index contributed by atoms with van der Waals surface area (Å²) < 4.78 is 5.24. The highest BCUT2D eigenvalue weighted by Crippen LogP contribution is 2.32. The van der Waals surface area contributed by atoms with Crippen LogP contribution in [0.3, 0.4) is 0 Å². The lowest BCUT2D eigenvalue weighted by atomic mass is 9.93. The van der Waals surface area contributed by atoms with E-state index in [0.29, 0.717) is 22.0 Å². The molecular weight excluding hydrogens is 502 g/mol. The molecule has 8 nitrogen and oxygen atoms in total. The van der Waals surface area contributed by atoms with Gasteiger partial charge in [0.1, 0.15) is 11.6 Å². The van der Waals surface area contributed by atoms with Gasteiger partial charge in [0.25, 0.3) is 5.91 Å². The van der Waals surface area contributed by atoms with Crippen molar-refractivity contribution in [1.29, 1.82) is 0 Å². The van der Waals surface area contributed by atoms with Gasteiger partial charge in [0.2, 0.25) is 0 Å². The molecule has 192 valence electrons. The van der Waals surface area contributed by atoms with Crippen LogP contribution in [0.5, 0.6) is 5.75 Å². The second-order valence-corrected chi connectivity index (χ2v) is 9.47. The van der Waals surface area contributed by atoms with E-state index in [9.17, 15) is 9.59 Å². The molecule has 38 heavy (non-hydrogen) atoms. The summed E-state index contributed by atoms with van der Waals surface area (Å²) in [6, 6.07) is 14.8. The number of methoxy groups -OCH3 is 1. The smallest absolute Gasteiger partial charge is 0.334 e. The second-order valence-electron chi connectivity index (χ2n) is 9.04. The van der Waals surface area contributed by atoms with Crippen molar-refractivity contribution >= 4 is 40.8 Å². The Morgan fingerprint density at radius 3 is 2.47 bits per heavy atom. The largest absolute Gasteiger partial charge is 0.497 e. The van der Waals surface area contributed by atoms with Gasteiger partial charge < -0.3 is 10.1 Å². The molecule has 3 heterocycles. The van der Waals surface area contributed by atoms with Gasteiger partial charge in [0.05, 0.1) is 13.2 Å². The van der Waals surface area contributed by atoms with Gasteiger partial charge in [0, 0.05) is 59.8 Å². The van der Waals surface area contributed by atoms with E-state index in [1.54, 1.807) is 12.1 Å². The first kappa shape index (κ1) is 25.5. The van der Waals surface area contributed by atoms with Gasteiger partial charge in [-0.15, -0.1) is 6.42 Å². The van der Waals surface area contributed by atoms with Crippen molar-refractivity contribution in [2.75, 3.05) is 37.0 Å². The summed E-state index contributed by atoms with van der Waals surface area (Å²) in [7, 11) is 1.47. The Hall–Kier alpha value is -4.19. The van der Waals surface area contributed by atoms with Crippen LogP contribution in [-0.2, 0) is 0 Å². The lowest BCUT2D eigenvalue weighted by Gasteiger charge is -2.41. The number of ether oxygens (including phenoxy) is 1. The summed E-state index contributed by atoms with van der Waals surface area (Å²) in [5, 5.41) is 3.12. The number of pyridine rings is 1. The highest BCUT2D eigenvalue weighted by molar-refractivity contribution is 6.31. The number of hydrogen-bond acceptors (Lipinski definition) is 6. The van der Waals surface area contributed by atoms with E-state index in [4.69, 9.17) is 22.8 Å². The van der Waals surface area contributed by atoms with E-state index < -0.39 is 11.9 Å². The number of hydrogen-bond donors (Lipinski definition) is 1. The lowest BCUT2D eigenvalue weighted by Crippen LogP contribution is -2.45. The molecule has 0 radical (unpaired) electrons. The van der Waals surface area contributed by atoms with Gasteiger partial charge >= 0.3 is 6.03 Å². The average Bonchev–Trinajstić information content (AvgIpc) is 2.87. The Kier molecular flexibility index (Phi) is 7.40. The maximum atomic E-state index is 13.6. The molecule has 2 aliphatic rings. The Bertz CT molecular complexity index is 1430. The molecule has 3 aromatic rings. The van der Waals surface area contributed by atoms with Crippen molar-refractivity contribution in [3.63, 3.8) is 0 Å². The molecule has 0 aliphatic carbocycles. The van der Waals surface area contributed by atoms with Crippen LogP contribution in [0, 0.1) is 12.3 Å². The molecule has 2 aromatic carbocycles. The van der Waals surface area contributed by atoms with Crippen molar-refractivity contribution in [3.05, 3.63) is 82.5 Å². The normalized spacial score (nSPS) is 15.2. The van der Waals surface area contributed by atoms with Gasteiger partial charge in [-0.05, 0) is 54.4 Å². The number of urea groups is 1. The van der Waals surface area contributed by atoms with Crippen molar-refractivity contribution < 1.29 is 14.3 Å². The number of imide groups is 1. The number of carbonyl (C=O) groups excluding carboxylic acids is 2. The number of aliphatic imine (C=N–C) groups is 1. The molecule has 0 saturated carbocycles. The van der Waals surface area contributed by atoms with Crippen LogP contribution in [0.25, 0.3) is 0 Å². The monoisotopic (exact) mass is 527 g/mol. The summed E-state index contributed by atoms with van der Waals surface area (Å²) >= 11 is 6.19. The average molecular weight is 528 g/mol. The van der Waals surface area contributed by atoms with Crippen molar-refractivity contribution in [2.24, 2.45) is 4.99 Å². The van der Waals surface area contributed by atoms with Gasteiger partial charge in [0.15, 0.2) is 0 Å². The van der Waals surface area contributed by atoms with E-state index in [1.165, 1.54) is 43.6 Å². The van der Waals surface area contributed by atoms with Crippen molar-refractivity contribution in [1.82, 2.24) is 9.88 Å². The number of halogens is 1. The van der Waals surface area contributed by atoms with E-state index in [2.05, 4.69) is 26.1 Å². The van der Waals surface area contributed by atoms with Crippen LogP contribution >= 0.6 is 11.6 Å². The lowest BCUT2D eigenvalue weighted by molar-refractivity contribution is 0.0994. The van der Waals surface area contributed by atoms with Crippen molar-refractivity contribution in [2.45, 2.75) is 18.9 Å². The molecule has 9 heteroatoms. The van der Waals surface area contributed by atoms with Crippen LogP contribution in [-0.4, -0.2) is 54.3 Å². The van der Waals surface area contributed by atoms with Crippen LogP contribution in [0.15, 0.2) is 65.8 Å². The summed E-state index contributed by atoms with van der Waals surface area (Å²) in [5.74, 6) is 2.36. The van der Waals surface area contributed by atoms with Crippen LogP contribution in [0.2, 0.25) is 5.02 Å². The molecule has 1 aromatic heterocycles. The van der Waals surface area contributed by atoms with Crippen molar-refractivity contribution in [3.8, 4) is 18.1 Å². The molecule has 5 rings (SSSR count). The zero-order chi connectivity index (χ0) is 26.6. The zero-order valence-electron chi connectivity index (χ0n) is 20.9. The maximum Gasteiger partial charge on any atom is 0.334 e. The predicted molar refractivity (Wildman–Crippen MR) is 148 cm³/mol. The summed E-state index contributed by atoms with van der Waals surface area (Å²) in [6.07, 6.45) is 9.07. The Morgan fingerprint density at radius 2 is 1.92 bits per heavy atom. The molecule has 1 fully saturated rings. The molecule has 0 bridgehead atoms. The highest BCUT2D eigenvalue weighted by atomic mass is 35.5. The Morgan fingerprint density at radius 1 is 1.16 bits per heavy atom. The van der Waals surface area contributed by atoms with E-state index in [-0.39, 0.29) is 17.4 Å². The van der Waals surface area contributed by atoms with Gasteiger partial charge in [-0.25, -0.2) is 14.7 Å². The minimum Gasteiger partial charge on any atom is -0.497 e. The van der Waals surface area contributed by atoms with Gasteiger partial charge in [-0.3, -0.25) is 14.7 Å². The number of amides is 3. The van der Waals surface area contributed by atoms with E-state index >= 15 is 0 Å². The second kappa shape index (κ2) is 11.1. The Labute approximate surface area is 226 Å². The summed E-state index contributed by atoms with van der Waals surface area (Å²) in [4.78, 5) is 39.3. The standard InChI is InChI=1S/C29H26ClN5O3/c1-3-19-5-10-26(32-18-19)35(28(36)21-15-22(30)17-24(16-21)38-2)29(37)33-23-8-6-20(7-9-23)27(25-11-12-31-25)34-13-4-14-34/h1,5-10,15-18,27H,4,11-14H2,2H3,(H,33,37). The number of terminal acetylenes is 1. The van der Waals surface area contributed by atoms with Crippen LogP contribution in [0.4, 0.5) is 16.3 Å². The summed E-state index contributed by atoms with van der Waals surface area (Å²) in [5.41, 5.74) is 3.57. The quantitative estimate of drug-likeness (QED) is 0.427. The van der Waals surface area contributed by atoms with Crippen LogP contribution in [0.1, 0.15) is 40.4 Å². The number of rotatable bonds is 7. The maximum absolute atomic E-state index is 13.6. The molecule has 2 aliphatic heterocycles. The third-order valence-electron chi connectivity index (χ3n) is 6.64. The summed E-state index contributed by atoms with van der Waals surface area (Å²) in [6.45, 7) is 2.99. The number of benzene rings is 2. The number of anilines is 2. The molecule has 3 amide bonds. The molecule has 1 saturated heterocycles. The Balaban J connectivity index is 1.41. The topological polar surface area (TPSA) is 87.1 Å². The molecule has 0 spiro atoms. The minimum absolute atomic E-state index is 0.114.